The van der Waals surface area contributed by atoms with E-state index in [4.69, 9.17) is 28.2 Å². The second-order valence-electron chi connectivity index (χ2n) is 7.00. The van der Waals surface area contributed by atoms with Crippen molar-refractivity contribution < 1.29 is 14.3 Å². The highest BCUT2D eigenvalue weighted by atomic mass is 35.5. The van der Waals surface area contributed by atoms with Crippen LogP contribution in [-0.2, 0) is 4.79 Å². The molecule has 6 nitrogen and oxygen atoms in total. The van der Waals surface area contributed by atoms with Crippen molar-refractivity contribution in [3.05, 3.63) is 82.9 Å². The number of fused-ring (bicyclic) bond motifs is 1. The highest BCUT2D eigenvalue weighted by molar-refractivity contribution is 7.80. The summed E-state index contributed by atoms with van der Waals surface area (Å²) >= 11 is 11.1. The molecule has 0 spiro atoms. The van der Waals surface area contributed by atoms with E-state index < -0.39 is 0 Å². The average molecular weight is 464 g/mol. The summed E-state index contributed by atoms with van der Waals surface area (Å²) in [5.74, 6) is -0.0358. The summed E-state index contributed by atoms with van der Waals surface area (Å²) in [4.78, 5) is 16.6. The zero-order chi connectivity index (χ0) is 22.7. The monoisotopic (exact) mass is 463 g/mol. The minimum absolute atomic E-state index is 0.0583. The van der Waals surface area contributed by atoms with E-state index >= 15 is 0 Å². The molecule has 0 unspecified atom stereocenters. The number of hydrogen-bond acceptors (Lipinski definition) is 5. The molecular weight excluding hydrogens is 446 g/mol. The number of hydrogen-bond donors (Lipinski definition) is 3. The summed E-state index contributed by atoms with van der Waals surface area (Å²) in [7, 11) is 0. The number of aryl methyl sites for hydroxylation is 1. The first kappa shape index (κ1) is 21.5. The van der Waals surface area contributed by atoms with Gasteiger partial charge in [-0.2, -0.15) is 0 Å². The SMILES string of the molecule is Cc1cc(NC(=S)NC(=O)/C=C/c2ccc(Cl)cc2)cc(-c2nc3ccccc3o2)c1O. The fourth-order valence-electron chi connectivity index (χ4n) is 3.06. The van der Waals surface area contributed by atoms with Crippen molar-refractivity contribution in [2.45, 2.75) is 6.92 Å². The third-order valence-electron chi connectivity index (χ3n) is 4.62. The molecule has 0 aliphatic carbocycles. The average Bonchev–Trinajstić information content (AvgIpc) is 3.19. The summed E-state index contributed by atoms with van der Waals surface area (Å²) in [5.41, 5.74) is 3.73. The molecule has 0 saturated carbocycles. The Bertz CT molecular complexity index is 1310. The van der Waals surface area contributed by atoms with Crippen LogP contribution < -0.4 is 10.6 Å². The molecule has 0 fully saturated rings. The van der Waals surface area contributed by atoms with E-state index in [2.05, 4.69) is 15.6 Å². The smallest absolute Gasteiger partial charge is 0.250 e. The van der Waals surface area contributed by atoms with Crippen LogP contribution in [0.3, 0.4) is 0 Å². The maximum Gasteiger partial charge on any atom is 0.250 e. The molecule has 32 heavy (non-hydrogen) atoms. The number of aromatic hydroxyl groups is 1. The molecule has 0 radical (unpaired) electrons. The van der Waals surface area contributed by atoms with Gasteiger partial charge in [0.25, 0.3) is 0 Å². The van der Waals surface area contributed by atoms with Gasteiger partial charge in [-0.25, -0.2) is 4.98 Å². The molecule has 0 bridgehead atoms. The molecule has 160 valence electrons. The third-order valence-corrected chi connectivity index (χ3v) is 5.07. The van der Waals surface area contributed by atoms with Gasteiger partial charge in [0.1, 0.15) is 11.3 Å². The lowest BCUT2D eigenvalue weighted by Gasteiger charge is -2.12. The van der Waals surface area contributed by atoms with Gasteiger partial charge >= 0.3 is 0 Å². The van der Waals surface area contributed by atoms with E-state index in [0.717, 1.165) is 5.56 Å². The Balaban J connectivity index is 1.48. The van der Waals surface area contributed by atoms with Crippen LogP contribution in [0.5, 0.6) is 5.75 Å². The second kappa shape index (κ2) is 9.21. The number of carbonyl (C=O) groups excluding carboxylic acids is 1. The highest BCUT2D eigenvalue weighted by Crippen LogP contribution is 2.36. The zero-order valence-corrected chi connectivity index (χ0v) is 18.5. The summed E-state index contributed by atoms with van der Waals surface area (Å²) < 4.78 is 5.78. The van der Waals surface area contributed by atoms with Gasteiger partial charge in [0, 0.05) is 16.8 Å². The third kappa shape index (κ3) is 4.96. The zero-order valence-electron chi connectivity index (χ0n) is 16.9. The second-order valence-corrected chi connectivity index (χ2v) is 7.85. The number of amides is 1. The number of rotatable bonds is 4. The van der Waals surface area contributed by atoms with Gasteiger partial charge in [0.15, 0.2) is 10.7 Å². The molecule has 0 aliphatic heterocycles. The lowest BCUT2D eigenvalue weighted by Crippen LogP contribution is -2.32. The van der Waals surface area contributed by atoms with Crippen LogP contribution >= 0.6 is 23.8 Å². The fourth-order valence-corrected chi connectivity index (χ4v) is 3.41. The number of nitrogens with one attached hydrogen (secondary N) is 2. The Kier molecular flexibility index (Phi) is 6.20. The minimum Gasteiger partial charge on any atom is -0.507 e. The standard InChI is InChI=1S/C24H18ClN3O3S/c1-14-12-17(13-18(22(14)30)23-27-19-4-2-3-5-20(19)31-23)26-24(32)28-21(29)11-8-15-6-9-16(25)10-7-15/h2-13,30H,1H3,(H2,26,28,29,32)/b11-8+. The number of oxazole rings is 1. The quantitative estimate of drug-likeness (QED) is 0.205. The van der Waals surface area contributed by atoms with Crippen LogP contribution in [0.25, 0.3) is 28.6 Å². The molecule has 1 amide bonds. The predicted octanol–water partition coefficient (Wildman–Crippen LogP) is 5.69. The van der Waals surface area contributed by atoms with Crippen molar-refractivity contribution in [1.29, 1.82) is 0 Å². The Hall–Kier alpha value is -3.68. The van der Waals surface area contributed by atoms with Crippen LogP contribution in [0.4, 0.5) is 5.69 Å². The van der Waals surface area contributed by atoms with Gasteiger partial charge < -0.3 is 14.8 Å². The number of phenols is 1. The summed E-state index contributed by atoms with van der Waals surface area (Å²) in [6.07, 6.45) is 3.04. The maximum absolute atomic E-state index is 12.2. The van der Waals surface area contributed by atoms with E-state index in [0.29, 0.717) is 32.9 Å². The molecule has 4 aromatic rings. The Morgan fingerprint density at radius 2 is 1.91 bits per heavy atom. The molecule has 3 N–H and O–H groups in total. The number of thiocarbonyl (C=S) groups is 1. The first-order chi connectivity index (χ1) is 15.4. The van der Waals surface area contributed by atoms with Crippen LogP contribution in [0.1, 0.15) is 11.1 Å². The van der Waals surface area contributed by atoms with Crippen molar-refractivity contribution in [3.8, 4) is 17.2 Å². The first-order valence-corrected chi connectivity index (χ1v) is 10.4. The fraction of sp³-hybridized carbons (Fsp3) is 0.0417. The van der Waals surface area contributed by atoms with E-state index in [-0.39, 0.29) is 22.7 Å². The van der Waals surface area contributed by atoms with Crippen molar-refractivity contribution in [1.82, 2.24) is 10.3 Å². The number of nitrogens with zero attached hydrogens (tertiary/aromatic N) is 1. The summed E-state index contributed by atoms with van der Waals surface area (Å²) in [6, 6.07) is 17.8. The van der Waals surface area contributed by atoms with Crippen molar-refractivity contribution >= 4 is 57.7 Å². The molecule has 1 aromatic heterocycles. The molecule has 0 atom stereocenters. The molecule has 4 rings (SSSR count). The van der Waals surface area contributed by atoms with Crippen molar-refractivity contribution in [2.24, 2.45) is 0 Å². The van der Waals surface area contributed by atoms with Crippen LogP contribution in [-0.4, -0.2) is 21.1 Å². The van der Waals surface area contributed by atoms with E-state index in [1.807, 2.05) is 18.2 Å². The van der Waals surface area contributed by atoms with Gasteiger partial charge in [-0.15, -0.1) is 0 Å². The van der Waals surface area contributed by atoms with Gasteiger partial charge in [-0.05, 0) is 72.7 Å². The molecule has 8 heteroatoms. The highest BCUT2D eigenvalue weighted by Gasteiger charge is 2.16. The number of para-hydroxylation sites is 2. The number of phenolic OH excluding ortho intramolecular Hbond substituents is 1. The minimum atomic E-state index is -0.382. The first-order valence-electron chi connectivity index (χ1n) is 9.64. The van der Waals surface area contributed by atoms with E-state index in [9.17, 15) is 9.90 Å². The lowest BCUT2D eigenvalue weighted by molar-refractivity contribution is -0.115. The largest absolute Gasteiger partial charge is 0.507 e. The molecule has 3 aromatic carbocycles. The summed E-state index contributed by atoms with van der Waals surface area (Å²) in [6.45, 7) is 1.75. The van der Waals surface area contributed by atoms with Gasteiger partial charge in [0.2, 0.25) is 11.8 Å². The Morgan fingerprint density at radius 3 is 2.66 bits per heavy atom. The molecule has 0 aliphatic rings. The number of benzene rings is 3. The lowest BCUT2D eigenvalue weighted by atomic mass is 10.1. The number of aromatic nitrogens is 1. The molecule has 1 heterocycles. The molecular formula is C24H18ClN3O3S. The normalized spacial score (nSPS) is 11.1. The van der Waals surface area contributed by atoms with Crippen LogP contribution in [0.2, 0.25) is 5.02 Å². The maximum atomic E-state index is 12.2. The Labute approximate surface area is 194 Å². The topological polar surface area (TPSA) is 87.4 Å². The molecule has 0 saturated heterocycles. The van der Waals surface area contributed by atoms with Gasteiger partial charge in [0.05, 0.1) is 5.56 Å². The van der Waals surface area contributed by atoms with Gasteiger partial charge in [-0.3, -0.25) is 10.1 Å². The number of carbonyl (C=O) groups is 1. The van der Waals surface area contributed by atoms with Crippen LogP contribution in [0.15, 0.2) is 71.2 Å². The Morgan fingerprint density at radius 1 is 1.16 bits per heavy atom. The van der Waals surface area contributed by atoms with E-state index in [1.165, 1.54) is 6.08 Å². The summed E-state index contributed by atoms with van der Waals surface area (Å²) in [5, 5.41) is 16.8. The van der Waals surface area contributed by atoms with Gasteiger partial charge in [-0.1, -0.05) is 35.9 Å². The van der Waals surface area contributed by atoms with Crippen molar-refractivity contribution in [2.75, 3.05) is 5.32 Å². The van der Waals surface area contributed by atoms with Crippen molar-refractivity contribution in [3.63, 3.8) is 0 Å². The predicted molar refractivity (Wildman–Crippen MR) is 131 cm³/mol. The van der Waals surface area contributed by atoms with Crippen LogP contribution in [0, 0.1) is 6.92 Å². The van der Waals surface area contributed by atoms with E-state index in [1.54, 1.807) is 55.5 Å². The number of halogens is 1. The number of anilines is 1.